The maximum atomic E-state index is 5.11. The Balaban J connectivity index is 1.95. The van der Waals surface area contributed by atoms with Crippen LogP contribution < -0.4 is 4.74 Å². The standard InChI is InChI=1S/C19H22N2O/c1-3-4-5-6-7-16-8-10-17(11-9-16)20-21-18-12-14-19(22-2)15-13-18/h8,10,12-15H,3-7H2,1-2H3/b21-20+. The normalized spacial score (nSPS) is 13.4. The lowest BCUT2D eigenvalue weighted by Crippen LogP contribution is -1.83. The number of nitrogens with zero attached hydrogens (tertiary/aromatic N) is 2. The summed E-state index contributed by atoms with van der Waals surface area (Å²) in [5.74, 6) is 0.811. The molecule has 114 valence electrons. The van der Waals surface area contributed by atoms with E-state index in [4.69, 9.17) is 4.74 Å². The van der Waals surface area contributed by atoms with Gasteiger partial charge in [0.2, 0.25) is 0 Å². The first-order valence-electron chi connectivity index (χ1n) is 7.80. The quantitative estimate of drug-likeness (QED) is 0.334. The molecule has 0 fully saturated rings. The molecule has 0 bridgehead atoms. The van der Waals surface area contributed by atoms with E-state index in [0.717, 1.165) is 17.9 Å². The fourth-order valence-corrected chi connectivity index (χ4v) is 2.11. The SMILES string of the molecule is CCCCCCC1=C=C=C(/N=N/c2ccc(OC)cc2)C=C1. The molecule has 0 spiro atoms. The van der Waals surface area contributed by atoms with E-state index in [1.807, 2.05) is 30.3 Å². The van der Waals surface area contributed by atoms with E-state index >= 15 is 0 Å². The molecule has 1 aromatic carbocycles. The molecule has 0 heterocycles. The molecule has 0 radical (unpaired) electrons. The molecule has 0 aromatic heterocycles. The monoisotopic (exact) mass is 294 g/mol. The first kappa shape index (κ1) is 16.0. The fraction of sp³-hybridized carbons (Fsp3) is 0.368. The first-order chi connectivity index (χ1) is 10.8. The van der Waals surface area contributed by atoms with Crippen LogP contribution in [0.15, 0.2) is 69.4 Å². The highest BCUT2D eigenvalue weighted by molar-refractivity contribution is 5.41. The number of methoxy groups -OCH3 is 1. The predicted octanol–water partition coefficient (Wildman–Crippen LogP) is 5.88. The number of hydrogen-bond acceptors (Lipinski definition) is 3. The molecule has 0 N–H and O–H groups in total. The molecule has 3 heteroatoms. The van der Waals surface area contributed by atoms with Crippen LogP contribution in [0.2, 0.25) is 0 Å². The third kappa shape index (κ3) is 5.21. The summed E-state index contributed by atoms with van der Waals surface area (Å²) in [4.78, 5) is 0. The topological polar surface area (TPSA) is 34.0 Å². The van der Waals surface area contributed by atoms with E-state index in [1.165, 1.54) is 31.3 Å². The van der Waals surface area contributed by atoms with Gasteiger partial charge in [0.05, 0.1) is 12.8 Å². The van der Waals surface area contributed by atoms with Crippen LogP contribution in [-0.2, 0) is 0 Å². The summed E-state index contributed by atoms with van der Waals surface area (Å²) < 4.78 is 5.11. The first-order valence-corrected chi connectivity index (χ1v) is 7.80. The van der Waals surface area contributed by atoms with Gasteiger partial charge in [-0.1, -0.05) is 31.9 Å². The number of rotatable bonds is 8. The van der Waals surface area contributed by atoms with E-state index in [-0.39, 0.29) is 0 Å². The van der Waals surface area contributed by atoms with Crippen LogP contribution in [0.1, 0.15) is 39.0 Å². The second kappa shape index (κ2) is 8.84. The Kier molecular flexibility index (Phi) is 6.44. The number of ether oxygens (including phenoxy) is 1. The minimum Gasteiger partial charge on any atom is -0.497 e. The summed E-state index contributed by atoms with van der Waals surface area (Å²) in [7, 11) is 1.64. The molecule has 0 aliphatic heterocycles. The van der Waals surface area contributed by atoms with E-state index in [9.17, 15) is 0 Å². The minimum absolute atomic E-state index is 0.702. The molecule has 0 saturated heterocycles. The van der Waals surface area contributed by atoms with Gasteiger partial charge >= 0.3 is 0 Å². The lowest BCUT2D eigenvalue weighted by molar-refractivity contribution is 0.415. The van der Waals surface area contributed by atoms with Gasteiger partial charge in [0.1, 0.15) is 11.4 Å². The van der Waals surface area contributed by atoms with Crippen molar-refractivity contribution in [1.82, 2.24) is 0 Å². The molecule has 1 aliphatic rings. The molecule has 0 unspecified atom stereocenters. The molecular weight excluding hydrogens is 272 g/mol. The highest BCUT2D eigenvalue weighted by atomic mass is 16.5. The van der Waals surface area contributed by atoms with Crippen molar-refractivity contribution in [2.45, 2.75) is 39.0 Å². The Morgan fingerprint density at radius 3 is 2.41 bits per heavy atom. The van der Waals surface area contributed by atoms with Gasteiger partial charge in [0.25, 0.3) is 0 Å². The smallest absolute Gasteiger partial charge is 0.136 e. The zero-order valence-electron chi connectivity index (χ0n) is 13.3. The summed E-state index contributed by atoms with van der Waals surface area (Å²) in [6.07, 6.45) is 10.1. The van der Waals surface area contributed by atoms with Crippen LogP contribution in [0.25, 0.3) is 0 Å². The van der Waals surface area contributed by atoms with Gasteiger partial charge in [-0.25, -0.2) is 0 Å². The maximum Gasteiger partial charge on any atom is 0.136 e. The highest BCUT2D eigenvalue weighted by Gasteiger charge is 1.98. The largest absolute Gasteiger partial charge is 0.497 e. The fourth-order valence-electron chi connectivity index (χ4n) is 2.11. The number of unbranched alkanes of at least 4 members (excludes halogenated alkanes) is 3. The molecule has 0 saturated carbocycles. The van der Waals surface area contributed by atoms with Crippen molar-refractivity contribution in [2.24, 2.45) is 10.2 Å². The third-order valence-electron chi connectivity index (χ3n) is 3.44. The number of hydrogen-bond donors (Lipinski definition) is 0. The van der Waals surface area contributed by atoms with Gasteiger partial charge < -0.3 is 4.74 Å². The van der Waals surface area contributed by atoms with Crippen molar-refractivity contribution >= 4 is 5.69 Å². The maximum absolute atomic E-state index is 5.11. The van der Waals surface area contributed by atoms with Crippen LogP contribution in [0.5, 0.6) is 5.75 Å². The number of azo groups is 1. The summed E-state index contributed by atoms with van der Waals surface area (Å²) in [6.45, 7) is 2.22. The molecule has 1 aliphatic carbocycles. The summed E-state index contributed by atoms with van der Waals surface area (Å²) in [5, 5.41) is 8.37. The average Bonchev–Trinajstić information content (AvgIpc) is 2.58. The summed E-state index contributed by atoms with van der Waals surface area (Å²) >= 11 is 0. The second-order valence-corrected chi connectivity index (χ2v) is 5.20. The van der Waals surface area contributed by atoms with E-state index < -0.39 is 0 Å². The predicted molar refractivity (Wildman–Crippen MR) is 89.5 cm³/mol. The molecular formula is C19H22N2O. The Morgan fingerprint density at radius 1 is 0.955 bits per heavy atom. The molecule has 0 amide bonds. The Hall–Kier alpha value is -2.34. The van der Waals surface area contributed by atoms with Crippen molar-refractivity contribution in [3.05, 3.63) is 59.2 Å². The van der Waals surface area contributed by atoms with E-state index in [0.29, 0.717) is 5.70 Å². The Morgan fingerprint density at radius 2 is 1.77 bits per heavy atom. The lowest BCUT2D eigenvalue weighted by atomic mass is 10.1. The molecule has 2 rings (SSSR count). The van der Waals surface area contributed by atoms with E-state index in [2.05, 4.69) is 34.7 Å². The highest BCUT2D eigenvalue weighted by Crippen LogP contribution is 2.20. The number of benzene rings is 1. The van der Waals surface area contributed by atoms with Crippen molar-refractivity contribution in [2.75, 3.05) is 7.11 Å². The molecule has 0 atom stereocenters. The summed E-state index contributed by atoms with van der Waals surface area (Å²) in [5.41, 5.74) is 8.92. The van der Waals surface area contributed by atoms with Gasteiger partial charge in [0.15, 0.2) is 0 Å². The van der Waals surface area contributed by atoms with Crippen molar-refractivity contribution < 1.29 is 4.74 Å². The lowest BCUT2D eigenvalue weighted by Gasteiger charge is -2.01. The van der Waals surface area contributed by atoms with Crippen LogP contribution in [0.4, 0.5) is 5.69 Å². The van der Waals surface area contributed by atoms with Crippen LogP contribution in [0.3, 0.4) is 0 Å². The van der Waals surface area contributed by atoms with Crippen LogP contribution in [-0.4, -0.2) is 7.11 Å². The Labute approximate surface area is 132 Å². The number of allylic oxidation sites excluding steroid dienone is 3. The van der Waals surface area contributed by atoms with Gasteiger partial charge in [-0.05, 0) is 55.0 Å². The molecule has 22 heavy (non-hydrogen) atoms. The zero-order valence-corrected chi connectivity index (χ0v) is 13.3. The second-order valence-electron chi connectivity index (χ2n) is 5.20. The van der Waals surface area contributed by atoms with Crippen molar-refractivity contribution in [3.8, 4) is 5.75 Å². The van der Waals surface area contributed by atoms with Crippen molar-refractivity contribution in [1.29, 1.82) is 0 Å². The van der Waals surface area contributed by atoms with Gasteiger partial charge in [0, 0.05) is 5.57 Å². The van der Waals surface area contributed by atoms with Gasteiger partial charge in [-0.2, -0.15) is 0 Å². The zero-order chi connectivity index (χ0) is 15.6. The van der Waals surface area contributed by atoms with Gasteiger partial charge in [-0.3, -0.25) is 0 Å². The van der Waals surface area contributed by atoms with Gasteiger partial charge in [-0.15, -0.1) is 10.2 Å². The molecule has 1 aromatic rings. The average molecular weight is 294 g/mol. The van der Waals surface area contributed by atoms with Crippen LogP contribution in [0, 0.1) is 0 Å². The van der Waals surface area contributed by atoms with E-state index in [1.54, 1.807) is 7.11 Å². The van der Waals surface area contributed by atoms with Crippen LogP contribution >= 0.6 is 0 Å². The molecule has 3 nitrogen and oxygen atoms in total. The third-order valence-corrected chi connectivity index (χ3v) is 3.44. The minimum atomic E-state index is 0.702. The Bertz CT molecular complexity index is 641. The van der Waals surface area contributed by atoms with Crippen molar-refractivity contribution in [3.63, 3.8) is 0 Å². The summed E-state index contributed by atoms with van der Waals surface area (Å²) in [6, 6.07) is 7.47.